The second-order valence-corrected chi connectivity index (χ2v) is 3.78. The maximum atomic E-state index is 11.6. The number of carbonyl (C=O) groups excluding carboxylic acids is 1. The number of ketones is 1. The SMILES string of the molecule is C/C=C/C(=O)Cc1cccc2ccccc12. The van der Waals surface area contributed by atoms with Crippen LogP contribution in [0.5, 0.6) is 0 Å². The molecule has 1 nitrogen and oxygen atoms in total. The van der Waals surface area contributed by atoms with E-state index >= 15 is 0 Å². The first-order valence-corrected chi connectivity index (χ1v) is 5.43. The van der Waals surface area contributed by atoms with E-state index in [-0.39, 0.29) is 5.78 Å². The third-order valence-corrected chi connectivity index (χ3v) is 2.60. The summed E-state index contributed by atoms with van der Waals surface area (Å²) in [7, 11) is 0. The average Bonchev–Trinajstić information content (AvgIpc) is 2.30. The molecular weight excluding hydrogens is 196 g/mol. The minimum absolute atomic E-state index is 0.152. The molecule has 0 radical (unpaired) electrons. The number of carbonyl (C=O) groups is 1. The Morgan fingerprint density at radius 2 is 1.88 bits per heavy atom. The van der Waals surface area contributed by atoms with E-state index in [1.165, 1.54) is 10.8 Å². The third kappa shape index (κ3) is 2.19. The van der Waals surface area contributed by atoms with Crippen LogP contribution in [0.15, 0.2) is 54.6 Å². The van der Waals surface area contributed by atoms with Crippen LogP contribution < -0.4 is 0 Å². The zero-order chi connectivity index (χ0) is 11.4. The predicted molar refractivity (Wildman–Crippen MR) is 67.5 cm³/mol. The summed E-state index contributed by atoms with van der Waals surface area (Å²) in [4.78, 5) is 11.6. The van der Waals surface area contributed by atoms with E-state index in [9.17, 15) is 4.79 Å². The second kappa shape index (κ2) is 4.75. The Morgan fingerprint density at radius 1 is 1.12 bits per heavy atom. The fraction of sp³-hybridized carbons (Fsp3) is 0.133. The molecule has 0 N–H and O–H groups in total. The molecule has 0 atom stereocenters. The van der Waals surface area contributed by atoms with Crippen LogP contribution in [0.1, 0.15) is 12.5 Å². The van der Waals surface area contributed by atoms with Crippen molar-refractivity contribution in [3.8, 4) is 0 Å². The fourth-order valence-corrected chi connectivity index (χ4v) is 1.88. The van der Waals surface area contributed by atoms with Crippen LogP contribution >= 0.6 is 0 Å². The van der Waals surface area contributed by atoms with Gasteiger partial charge in [-0.2, -0.15) is 0 Å². The maximum Gasteiger partial charge on any atom is 0.159 e. The minimum Gasteiger partial charge on any atom is -0.294 e. The van der Waals surface area contributed by atoms with Crippen molar-refractivity contribution in [3.05, 3.63) is 60.2 Å². The lowest BCUT2D eigenvalue weighted by molar-refractivity contribution is -0.114. The molecule has 0 amide bonds. The molecule has 0 fully saturated rings. The summed E-state index contributed by atoms with van der Waals surface area (Å²) in [6.45, 7) is 1.86. The summed E-state index contributed by atoms with van der Waals surface area (Å²) in [5, 5.41) is 2.36. The molecule has 0 bridgehead atoms. The second-order valence-electron chi connectivity index (χ2n) is 3.78. The largest absolute Gasteiger partial charge is 0.294 e. The van der Waals surface area contributed by atoms with E-state index in [0.29, 0.717) is 6.42 Å². The van der Waals surface area contributed by atoms with E-state index in [1.807, 2.05) is 31.2 Å². The van der Waals surface area contributed by atoms with E-state index in [2.05, 4.69) is 18.2 Å². The third-order valence-electron chi connectivity index (χ3n) is 2.60. The van der Waals surface area contributed by atoms with E-state index in [4.69, 9.17) is 0 Å². The van der Waals surface area contributed by atoms with Gasteiger partial charge in [-0.3, -0.25) is 4.79 Å². The first-order valence-electron chi connectivity index (χ1n) is 5.43. The molecule has 2 rings (SSSR count). The highest BCUT2D eigenvalue weighted by atomic mass is 16.1. The Labute approximate surface area is 95.4 Å². The van der Waals surface area contributed by atoms with Crippen LogP contribution in [0.3, 0.4) is 0 Å². The molecule has 0 unspecified atom stereocenters. The van der Waals surface area contributed by atoms with E-state index in [1.54, 1.807) is 12.2 Å². The van der Waals surface area contributed by atoms with Crippen molar-refractivity contribution in [3.63, 3.8) is 0 Å². The van der Waals surface area contributed by atoms with Gasteiger partial charge in [0.2, 0.25) is 0 Å². The van der Waals surface area contributed by atoms with Gasteiger partial charge < -0.3 is 0 Å². The van der Waals surface area contributed by atoms with Crippen LogP contribution in [0.25, 0.3) is 10.8 Å². The summed E-state index contributed by atoms with van der Waals surface area (Å²) < 4.78 is 0. The van der Waals surface area contributed by atoms with Gasteiger partial charge in [-0.25, -0.2) is 0 Å². The molecule has 0 aromatic heterocycles. The number of hydrogen-bond donors (Lipinski definition) is 0. The molecular formula is C15H14O. The number of benzene rings is 2. The van der Waals surface area contributed by atoms with Gasteiger partial charge in [0.05, 0.1) is 0 Å². The normalized spacial score (nSPS) is 11.1. The maximum absolute atomic E-state index is 11.6. The number of hydrogen-bond acceptors (Lipinski definition) is 1. The smallest absolute Gasteiger partial charge is 0.159 e. The Balaban J connectivity index is 2.41. The zero-order valence-electron chi connectivity index (χ0n) is 9.31. The highest BCUT2D eigenvalue weighted by molar-refractivity contribution is 5.95. The number of rotatable bonds is 3. The van der Waals surface area contributed by atoms with Crippen molar-refractivity contribution >= 4 is 16.6 Å². The fourth-order valence-electron chi connectivity index (χ4n) is 1.88. The van der Waals surface area contributed by atoms with Crippen LogP contribution in [-0.4, -0.2) is 5.78 Å². The standard InChI is InChI=1S/C15H14O/c1-2-6-14(16)11-13-9-5-8-12-7-3-4-10-15(12)13/h2-10H,11H2,1H3/b6-2+. The lowest BCUT2D eigenvalue weighted by Crippen LogP contribution is -1.98. The van der Waals surface area contributed by atoms with Crippen molar-refractivity contribution in [1.29, 1.82) is 0 Å². The van der Waals surface area contributed by atoms with Crippen molar-refractivity contribution in [2.75, 3.05) is 0 Å². The van der Waals surface area contributed by atoms with Gasteiger partial charge in [0.1, 0.15) is 0 Å². The molecule has 80 valence electrons. The van der Waals surface area contributed by atoms with E-state index < -0.39 is 0 Å². The molecule has 2 aromatic carbocycles. The van der Waals surface area contributed by atoms with Gasteiger partial charge in [0, 0.05) is 6.42 Å². The molecule has 2 aromatic rings. The van der Waals surface area contributed by atoms with Gasteiger partial charge >= 0.3 is 0 Å². The Bertz CT molecular complexity index is 533. The highest BCUT2D eigenvalue weighted by Crippen LogP contribution is 2.19. The van der Waals surface area contributed by atoms with Crippen LogP contribution in [0.2, 0.25) is 0 Å². The first-order chi connectivity index (χ1) is 7.81. The van der Waals surface area contributed by atoms with Crippen LogP contribution in [-0.2, 0) is 11.2 Å². The summed E-state index contributed by atoms with van der Waals surface area (Å²) in [6, 6.07) is 14.2. The molecule has 0 saturated carbocycles. The van der Waals surface area contributed by atoms with Crippen molar-refractivity contribution in [2.45, 2.75) is 13.3 Å². The zero-order valence-corrected chi connectivity index (χ0v) is 9.31. The van der Waals surface area contributed by atoms with E-state index in [0.717, 1.165) is 5.56 Å². The molecule has 0 aliphatic heterocycles. The topological polar surface area (TPSA) is 17.1 Å². The quantitative estimate of drug-likeness (QED) is 0.708. The Hall–Kier alpha value is -1.89. The molecule has 0 saturated heterocycles. The average molecular weight is 210 g/mol. The van der Waals surface area contributed by atoms with Crippen molar-refractivity contribution in [1.82, 2.24) is 0 Å². The van der Waals surface area contributed by atoms with Gasteiger partial charge in [-0.15, -0.1) is 0 Å². The lowest BCUT2D eigenvalue weighted by Gasteiger charge is -2.04. The number of allylic oxidation sites excluding steroid dienone is 2. The van der Waals surface area contributed by atoms with Crippen molar-refractivity contribution in [2.24, 2.45) is 0 Å². The van der Waals surface area contributed by atoms with Gasteiger partial charge in [-0.1, -0.05) is 48.5 Å². The van der Waals surface area contributed by atoms with Crippen LogP contribution in [0.4, 0.5) is 0 Å². The predicted octanol–water partition coefficient (Wildman–Crippen LogP) is 3.53. The molecule has 1 heteroatoms. The minimum atomic E-state index is 0.152. The molecule has 16 heavy (non-hydrogen) atoms. The van der Waals surface area contributed by atoms with Gasteiger partial charge in [0.25, 0.3) is 0 Å². The Kier molecular flexibility index (Phi) is 3.16. The molecule has 0 aliphatic carbocycles. The molecule has 0 heterocycles. The van der Waals surface area contributed by atoms with Crippen molar-refractivity contribution < 1.29 is 4.79 Å². The number of fused-ring (bicyclic) bond motifs is 1. The highest BCUT2D eigenvalue weighted by Gasteiger charge is 2.03. The van der Waals surface area contributed by atoms with Gasteiger partial charge in [-0.05, 0) is 29.3 Å². The molecule has 0 aliphatic rings. The molecule has 0 spiro atoms. The van der Waals surface area contributed by atoms with Gasteiger partial charge in [0.15, 0.2) is 5.78 Å². The summed E-state index contributed by atoms with van der Waals surface area (Å²) in [5.74, 6) is 0.152. The van der Waals surface area contributed by atoms with Crippen LogP contribution in [0, 0.1) is 0 Å². The lowest BCUT2D eigenvalue weighted by atomic mass is 10.0. The monoisotopic (exact) mass is 210 g/mol. The Morgan fingerprint density at radius 3 is 2.69 bits per heavy atom. The summed E-state index contributed by atoms with van der Waals surface area (Å²) in [6.07, 6.45) is 3.89. The summed E-state index contributed by atoms with van der Waals surface area (Å²) >= 11 is 0. The summed E-state index contributed by atoms with van der Waals surface area (Å²) in [5.41, 5.74) is 1.10. The first kappa shape index (κ1) is 10.6.